The van der Waals surface area contributed by atoms with Crippen molar-refractivity contribution < 1.29 is 0 Å². The number of benzene rings is 9. The highest BCUT2D eigenvalue weighted by molar-refractivity contribution is 7.30. The van der Waals surface area contributed by atoms with Crippen molar-refractivity contribution in [1.82, 2.24) is 0 Å². The van der Waals surface area contributed by atoms with Crippen molar-refractivity contribution in [2.24, 2.45) is 0 Å². The molecule has 14 rings (SSSR count). The van der Waals surface area contributed by atoms with Crippen molar-refractivity contribution in [3.8, 4) is 44.5 Å². The molecule has 4 heteroatoms. The first-order valence-electron chi connectivity index (χ1n) is 28.9. The third-order valence-corrected chi connectivity index (χ3v) is 19.5. The topological polar surface area (TPSA) is 6.48 Å². The summed E-state index contributed by atoms with van der Waals surface area (Å²) in [6, 6.07) is 75.8. The molecule has 1 spiro atoms. The van der Waals surface area contributed by atoms with E-state index >= 15 is 0 Å². The van der Waals surface area contributed by atoms with Gasteiger partial charge in [-0.2, -0.15) is 0 Å². The first-order valence-corrected chi connectivity index (χ1v) is 29.8. The summed E-state index contributed by atoms with van der Waals surface area (Å²) < 4.78 is 1.40. The second-order valence-corrected chi connectivity index (χ2v) is 28.5. The van der Waals surface area contributed by atoms with Crippen LogP contribution in [0.2, 0.25) is 0 Å². The van der Waals surface area contributed by atoms with Gasteiger partial charge in [-0.3, -0.25) is 0 Å². The van der Waals surface area contributed by atoms with E-state index in [9.17, 15) is 0 Å². The minimum Gasteiger partial charge on any atom is -0.311 e. The van der Waals surface area contributed by atoms with Gasteiger partial charge in [0.15, 0.2) is 0 Å². The van der Waals surface area contributed by atoms with E-state index in [1.165, 1.54) is 138 Å². The van der Waals surface area contributed by atoms with Gasteiger partial charge >= 0.3 is 0 Å². The van der Waals surface area contributed by atoms with Gasteiger partial charge in [0, 0.05) is 43.7 Å². The largest absolute Gasteiger partial charge is 0.311 e. The summed E-state index contributed by atoms with van der Waals surface area (Å²) in [5.41, 5.74) is 30.5. The van der Waals surface area contributed by atoms with Gasteiger partial charge < -0.3 is 9.80 Å². The minimum absolute atomic E-state index is 0.00365. The number of aryl methyl sites for hydroxylation is 1. The van der Waals surface area contributed by atoms with Crippen molar-refractivity contribution >= 4 is 67.9 Å². The molecule has 10 aromatic rings. The summed E-state index contributed by atoms with van der Waals surface area (Å²) in [6.45, 7) is 30.2. The standard InChI is InChI=1S/C76H71BN2S/c1-46-41-65-68-66(42-46)79(54-36-30-50(31-37-54)73(5,6)7)69-67-58-39-33-52(75(11,12)13)45-62(58)76(60-25-19-17-23-56(60)57-24-18-20-26-61(57)76)70(67)80-71(69)77(68)63-40-27-48(43-64(63)78(65)53-34-28-49(29-35-53)72(2,3)4)59-44-51(74(8,9)10)32-38-55(59)47-21-15-14-16-22-47/h14-45H,1-13H3. The van der Waals surface area contributed by atoms with Crippen molar-refractivity contribution in [2.75, 3.05) is 9.80 Å². The molecule has 0 N–H and O–H groups in total. The van der Waals surface area contributed by atoms with Crippen LogP contribution in [-0.4, -0.2) is 6.71 Å². The Balaban J connectivity index is 1.11. The van der Waals surface area contributed by atoms with Crippen LogP contribution in [0.3, 0.4) is 0 Å². The summed E-state index contributed by atoms with van der Waals surface area (Å²) >= 11 is 2.08. The third kappa shape index (κ3) is 7.43. The predicted octanol–water partition coefficient (Wildman–Crippen LogP) is 19.0. The van der Waals surface area contributed by atoms with Crippen LogP contribution >= 0.6 is 11.3 Å². The first kappa shape index (κ1) is 50.6. The fraction of sp³-hybridized carbons (Fsp3) is 0.237. The maximum Gasteiger partial charge on any atom is 0.264 e. The highest BCUT2D eigenvalue weighted by atomic mass is 32.1. The lowest BCUT2D eigenvalue weighted by molar-refractivity contribution is 0.588. The number of thiophene rings is 1. The molecule has 0 radical (unpaired) electrons. The molecule has 1 aromatic heterocycles. The summed E-state index contributed by atoms with van der Waals surface area (Å²) in [7, 11) is 0. The Morgan fingerprint density at radius 1 is 0.388 bits per heavy atom. The van der Waals surface area contributed by atoms with Crippen molar-refractivity contribution in [2.45, 2.75) is 117 Å². The maximum atomic E-state index is 2.69. The third-order valence-electron chi connectivity index (χ3n) is 18.1. The molecule has 3 heterocycles. The van der Waals surface area contributed by atoms with Crippen LogP contribution in [0, 0.1) is 6.92 Å². The van der Waals surface area contributed by atoms with Crippen molar-refractivity contribution in [3.63, 3.8) is 0 Å². The molecular formula is C76H71BN2S. The smallest absolute Gasteiger partial charge is 0.264 e. The molecule has 2 aliphatic heterocycles. The molecule has 0 fully saturated rings. The molecule has 80 heavy (non-hydrogen) atoms. The zero-order chi connectivity index (χ0) is 55.6. The van der Waals surface area contributed by atoms with Crippen LogP contribution in [0.15, 0.2) is 194 Å². The number of anilines is 6. The monoisotopic (exact) mass is 1050 g/mol. The Kier molecular flexibility index (Phi) is 11.0. The number of hydrogen-bond donors (Lipinski definition) is 0. The lowest BCUT2D eigenvalue weighted by Gasteiger charge is -2.44. The fourth-order valence-corrected chi connectivity index (χ4v) is 15.6. The van der Waals surface area contributed by atoms with Crippen LogP contribution < -0.4 is 25.5 Å². The van der Waals surface area contributed by atoms with E-state index in [0.29, 0.717) is 0 Å². The molecule has 394 valence electrons. The van der Waals surface area contributed by atoms with Gasteiger partial charge in [0.25, 0.3) is 6.71 Å². The summed E-state index contributed by atoms with van der Waals surface area (Å²) in [6.07, 6.45) is 0. The lowest BCUT2D eigenvalue weighted by Crippen LogP contribution is -2.60. The molecule has 0 saturated carbocycles. The first-order chi connectivity index (χ1) is 38.1. The van der Waals surface area contributed by atoms with Gasteiger partial charge in [-0.15, -0.1) is 11.3 Å². The summed E-state index contributed by atoms with van der Waals surface area (Å²) in [5.74, 6) is 0. The number of hydrogen-bond acceptors (Lipinski definition) is 3. The summed E-state index contributed by atoms with van der Waals surface area (Å²) in [5, 5.41) is 0. The Morgan fingerprint density at radius 2 is 0.887 bits per heavy atom. The van der Waals surface area contributed by atoms with E-state index in [1.54, 1.807) is 0 Å². The van der Waals surface area contributed by atoms with Gasteiger partial charge in [-0.1, -0.05) is 235 Å². The highest BCUT2D eigenvalue weighted by Gasteiger charge is 2.57. The van der Waals surface area contributed by atoms with Crippen LogP contribution in [0.5, 0.6) is 0 Å². The van der Waals surface area contributed by atoms with Gasteiger partial charge in [-0.05, 0) is 165 Å². The van der Waals surface area contributed by atoms with Crippen LogP contribution in [0.4, 0.5) is 34.1 Å². The van der Waals surface area contributed by atoms with Crippen LogP contribution in [0.1, 0.15) is 132 Å². The van der Waals surface area contributed by atoms with Gasteiger partial charge in [0.2, 0.25) is 0 Å². The van der Waals surface area contributed by atoms with E-state index in [-0.39, 0.29) is 28.4 Å². The molecule has 0 atom stereocenters. The van der Waals surface area contributed by atoms with Gasteiger partial charge in [0.05, 0.1) is 11.1 Å². The second kappa shape index (κ2) is 17.4. The Morgan fingerprint density at radius 3 is 1.46 bits per heavy atom. The highest BCUT2D eigenvalue weighted by Crippen LogP contribution is 2.67. The Labute approximate surface area is 479 Å². The Hall–Kier alpha value is -7.66. The second-order valence-electron chi connectivity index (χ2n) is 27.4. The van der Waals surface area contributed by atoms with E-state index in [4.69, 9.17) is 0 Å². The Bertz CT molecular complexity index is 4120. The number of fused-ring (bicyclic) bond motifs is 15. The molecule has 0 unspecified atom stereocenters. The van der Waals surface area contributed by atoms with Gasteiger partial charge in [0.1, 0.15) is 0 Å². The van der Waals surface area contributed by atoms with Crippen LogP contribution in [0.25, 0.3) is 44.5 Å². The van der Waals surface area contributed by atoms with E-state index in [1.807, 2.05) is 0 Å². The van der Waals surface area contributed by atoms with Crippen molar-refractivity contribution in [3.05, 3.63) is 244 Å². The van der Waals surface area contributed by atoms with E-state index < -0.39 is 5.41 Å². The lowest BCUT2D eigenvalue weighted by atomic mass is 9.36. The van der Waals surface area contributed by atoms with Gasteiger partial charge in [-0.25, -0.2) is 0 Å². The zero-order valence-electron chi connectivity index (χ0n) is 48.9. The number of nitrogens with zero attached hydrogens (tertiary/aromatic N) is 2. The zero-order valence-corrected chi connectivity index (χ0v) is 49.7. The normalized spacial score (nSPS) is 14.6. The summed E-state index contributed by atoms with van der Waals surface area (Å²) in [4.78, 5) is 6.73. The number of rotatable bonds is 4. The fourth-order valence-electron chi connectivity index (χ4n) is 13.9. The average Bonchev–Trinajstić information content (AvgIpc) is 4.15. The molecule has 2 nitrogen and oxygen atoms in total. The molecular weight excluding hydrogens is 984 g/mol. The minimum atomic E-state index is -0.512. The molecule has 4 aliphatic rings. The van der Waals surface area contributed by atoms with E-state index in [0.717, 1.165) is 5.69 Å². The van der Waals surface area contributed by atoms with Crippen LogP contribution in [-0.2, 0) is 27.1 Å². The predicted molar refractivity (Wildman–Crippen MR) is 345 cm³/mol. The van der Waals surface area contributed by atoms with E-state index in [2.05, 4.69) is 305 Å². The quantitative estimate of drug-likeness (QED) is 0.162. The molecule has 0 saturated heterocycles. The molecule has 9 aromatic carbocycles. The molecule has 0 amide bonds. The molecule has 2 aliphatic carbocycles. The SMILES string of the molecule is Cc1cc2c3c(c1)N(c1ccc(C(C)(C)C)cc1)c1c(sc4c1-c1ccc(C(C)(C)C)cc1C41c4ccccc4-c4ccccc41)B3c1ccc(-c3cc(C(C)(C)C)ccc3-c3ccccc3)cc1N2c1ccc(C(C)(C)C)cc1. The van der Waals surface area contributed by atoms with Crippen molar-refractivity contribution in [1.29, 1.82) is 0 Å². The maximum absolute atomic E-state index is 2.69. The molecule has 0 bridgehead atoms. The average molecular weight is 1060 g/mol.